The largest absolute Gasteiger partial charge is 0.427 e. The zero-order valence-electron chi connectivity index (χ0n) is 10.7. The quantitative estimate of drug-likeness (QED) is 0.589. The van der Waals surface area contributed by atoms with Crippen LogP contribution in [0.15, 0.2) is 29.2 Å². The Hall–Kier alpha value is -1.36. The van der Waals surface area contributed by atoms with Crippen LogP contribution in [0, 0.1) is 0 Å². The minimum Gasteiger partial charge on any atom is -0.427 e. The first kappa shape index (κ1) is 14.7. The third-order valence-corrected chi connectivity index (χ3v) is 4.28. The van der Waals surface area contributed by atoms with Crippen LogP contribution >= 0.6 is 0 Å². The van der Waals surface area contributed by atoms with Crippen molar-refractivity contribution in [1.82, 2.24) is 0 Å². The molecule has 1 aromatic rings. The summed E-state index contributed by atoms with van der Waals surface area (Å²) in [5, 5.41) is 0. The molecule has 0 saturated carbocycles. The number of sulfone groups is 1. The summed E-state index contributed by atoms with van der Waals surface area (Å²) >= 11 is 0. The van der Waals surface area contributed by atoms with Crippen molar-refractivity contribution in [2.24, 2.45) is 0 Å². The number of hydrogen-bond acceptors (Lipinski definition) is 4. The Kier molecular flexibility index (Phi) is 5.34. The SMILES string of the molecule is CCCC(=O)Oc1ccc(S(=O)(=O)CCC)cc1. The highest BCUT2D eigenvalue weighted by molar-refractivity contribution is 7.91. The third kappa shape index (κ3) is 4.14. The predicted molar refractivity (Wildman–Crippen MR) is 69.3 cm³/mol. The average molecular weight is 270 g/mol. The molecule has 0 atom stereocenters. The second kappa shape index (κ2) is 6.54. The summed E-state index contributed by atoms with van der Waals surface area (Å²) < 4.78 is 28.6. The number of rotatable bonds is 6. The zero-order valence-corrected chi connectivity index (χ0v) is 11.5. The van der Waals surface area contributed by atoms with Crippen molar-refractivity contribution in [2.45, 2.75) is 38.0 Å². The molecule has 5 heteroatoms. The Morgan fingerprint density at radius 3 is 2.22 bits per heavy atom. The van der Waals surface area contributed by atoms with Crippen molar-refractivity contribution in [3.8, 4) is 5.75 Å². The van der Waals surface area contributed by atoms with Crippen LogP contribution in [0.3, 0.4) is 0 Å². The van der Waals surface area contributed by atoms with Crippen molar-refractivity contribution in [3.63, 3.8) is 0 Å². The van der Waals surface area contributed by atoms with E-state index in [-0.39, 0.29) is 16.6 Å². The topological polar surface area (TPSA) is 60.4 Å². The molecule has 0 N–H and O–H groups in total. The molecule has 100 valence electrons. The van der Waals surface area contributed by atoms with Gasteiger partial charge in [0.25, 0.3) is 0 Å². The minimum atomic E-state index is -3.21. The van der Waals surface area contributed by atoms with E-state index in [1.54, 1.807) is 0 Å². The monoisotopic (exact) mass is 270 g/mol. The van der Waals surface area contributed by atoms with Crippen molar-refractivity contribution < 1.29 is 17.9 Å². The fourth-order valence-electron chi connectivity index (χ4n) is 1.49. The predicted octanol–water partition coefficient (Wildman–Crippen LogP) is 2.58. The molecule has 18 heavy (non-hydrogen) atoms. The second-order valence-electron chi connectivity index (χ2n) is 4.01. The van der Waals surface area contributed by atoms with Gasteiger partial charge in [-0.2, -0.15) is 0 Å². The molecule has 0 amide bonds. The summed E-state index contributed by atoms with van der Waals surface area (Å²) in [7, 11) is -3.21. The standard InChI is InChI=1S/C13H18O4S/c1-3-5-13(14)17-11-6-8-12(9-7-11)18(15,16)10-4-2/h6-9H,3-5,10H2,1-2H3. The number of ether oxygens (including phenoxy) is 1. The maximum atomic E-state index is 11.8. The van der Waals surface area contributed by atoms with Crippen molar-refractivity contribution in [2.75, 3.05) is 5.75 Å². The zero-order chi connectivity index (χ0) is 13.6. The molecule has 0 unspecified atom stereocenters. The summed E-state index contributed by atoms with van der Waals surface area (Å²) in [4.78, 5) is 11.5. The van der Waals surface area contributed by atoms with Gasteiger partial charge in [-0.1, -0.05) is 13.8 Å². The fourth-order valence-corrected chi connectivity index (χ4v) is 2.81. The van der Waals surface area contributed by atoms with E-state index in [0.717, 1.165) is 6.42 Å². The first-order chi connectivity index (χ1) is 8.49. The number of hydrogen-bond donors (Lipinski definition) is 0. The van der Waals surface area contributed by atoms with Gasteiger partial charge < -0.3 is 4.74 Å². The summed E-state index contributed by atoms with van der Waals surface area (Å²) in [6.07, 6.45) is 1.66. The second-order valence-corrected chi connectivity index (χ2v) is 6.12. The van der Waals surface area contributed by atoms with Crippen LogP contribution < -0.4 is 4.74 Å². The van der Waals surface area contributed by atoms with E-state index in [0.29, 0.717) is 18.6 Å². The lowest BCUT2D eigenvalue weighted by molar-refractivity contribution is -0.134. The van der Waals surface area contributed by atoms with Crippen molar-refractivity contribution >= 4 is 15.8 Å². The molecule has 0 spiro atoms. The molecule has 0 aliphatic rings. The molecule has 0 fully saturated rings. The van der Waals surface area contributed by atoms with E-state index in [1.165, 1.54) is 24.3 Å². The van der Waals surface area contributed by atoms with Gasteiger partial charge in [-0.25, -0.2) is 8.42 Å². The molecule has 0 aromatic heterocycles. The average Bonchev–Trinajstić information content (AvgIpc) is 2.30. The van der Waals surface area contributed by atoms with Crippen LogP contribution in [0.25, 0.3) is 0 Å². The van der Waals surface area contributed by atoms with Gasteiger partial charge in [-0.3, -0.25) is 4.79 Å². The van der Waals surface area contributed by atoms with Gasteiger partial charge in [0.05, 0.1) is 10.6 Å². The number of carbonyl (C=O) groups is 1. The maximum absolute atomic E-state index is 11.8. The molecule has 1 rings (SSSR count). The summed E-state index contributed by atoms with van der Waals surface area (Å²) in [5.74, 6) is 0.202. The molecule has 0 saturated heterocycles. The van der Waals surface area contributed by atoms with Crippen molar-refractivity contribution in [3.05, 3.63) is 24.3 Å². The molecule has 0 heterocycles. The summed E-state index contributed by atoms with van der Waals surface area (Å²) in [5.41, 5.74) is 0. The van der Waals surface area contributed by atoms with E-state index >= 15 is 0 Å². The smallest absolute Gasteiger partial charge is 0.311 e. The van der Waals surface area contributed by atoms with E-state index < -0.39 is 9.84 Å². The van der Waals surface area contributed by atoms with Crippen LogP contribution in [0.4, 0.5) is 0 Å². The van der Waals surface area contributed by atoms with Gasteiger partial charge in [-0.05, 0) is 37.1 Å². The van der Waals surface area contributed by atoms with E-state index in [9.17, 15) is 13.2 Å². The molecule has 0 radical (unpaired) electrons. The molecule has 0 aliphatic carbocycles. The molecular formula is C13H18O4S. The maximum Gasteiger partial charge on any atom is 0.311 e. The minimum absolute atomic E-state index is 0.127. The van der Waals surface area contributed by atoms with Crippen molar-refractivity contribution in [1.29, 1.82) is 0 Å². The Labute approximate surface area is 108 Å². The van der Waals surface area contributed by atoms with E-state index in [2.05, 4.69) is 0 Å². The first-order valence-corrected chi connectivity index (χ1v) is 7.68. The van der Waals surface area contributed by atoms with Gasteiger partial charge in [0.2, 0.25) is 0 Å². The highest BCUT2D eigenvalue weighted by Crippen LogP contribution is 2.18. The van der Waals surface area contributed by atoms with Gasteiger partial charge in [0.15, 0.2) is 9.84 Å². The van der Waals surface area contributed by atoms with Gasteiger partial charge in [0, 0.05) is 6.42 Å². The number of benzene rings is 1. The Morgan fingerprint density at radius 1 is 1.11 bits per heavy atom. The Morgan fingerprint density at radius 2 is 1.72 bits per heavy atom. The molecular weight excluding hydrogens is 252 g/mol. The fraction of sp³-hybridized carbons (Fsp3) is 0.462. The highest BCUT2D eigenvalue weighted by atomic mass is 32.2. The van der Waals surface area contributed by atoms with Crippen LogP contribution in [0.2, 0.25) is 0 Å². The lowest BCUT2D eigenvalue weighted by Crippen LogP contribution is -2.08. The van der Waals surface area contributed by atoms with E-state index in [4.69, 9.17) is 4.74 Å². The van der Waals surface area contributed by atoms with E-state index in [1.807, 2.05) is 13.8 Å². The van der Waals surface area contributed by atoms with Gasteiger partial charge in [0.1, 0.15) is 5.75 Å². The first-order valence-electron chi connectivity index (χ1n) is 6.03. The summed E-state index contributed by atoms with van der Waals surface area (Å²) in [6, 6.07) is 5.96. The lowest BCUT2D eigenvalue weighted by atomic mass is 10.3. The lowest BCUT2D eigenvalue weighted by Gasteiger charge is -2.05. The molecule has 0 bridgehead atoms. The summed E-state index contributed by atoms with van der Waals surface area (Å²) in [6.45, 7) is 3.71. The normalized spacial score (nSPS) is 11.2. The van der Waals surface area contributed by atoms with Crippen LogP contribution in [0.5, 0.6) is 5.75 Å². The molecule has 1 aromatic carbocycles. The molecule has 4 nitrogen and oxygen atoms in total. The third-order valence-electron chi connectivity index (χ3n) is 2.34. The van der Waals surface area contributed by atoms with Crippen LogP contribution in [-0.4, -0.2) is 20.1 Å². The van der Waals surface area contributed by atoms with Gasteiger partial charge in [-0.15, -0.1) is 0 Å². The highest BCUT2D eigenvalue weighted by Gasteiger charge is 2.13. The number of esters is 1. The number of carbonyl (C=O) groups excluding carboxylic acids is 1. The Bertz CT molecular complexity index is 488. The Balaban J connectivity index is 2.77. The van der Waals surface area contributed by atoms with Crippen LogP contribution in [0.1, 0.15) is 33.1 Å². The van der Waals surface area contributed by atoms with Crippen LogP contribution in [-0.2, 0) is 14.6 Å². The molecule has 0 aliphatic heterocycles. The van der Waals surface area contributed by atoms with Gasteiger partial charge >= 0.3 is 5.97 Å².